The van der Waals surface area contributed by atoms with E-state index < -0.39 is 15.1 Å². The van der Waals surface area contributed by atoms with E-state index in [4.69, 9.17) is 26.8 Å². The van der Waals surface area contributed by atoms with Crippen LogP contribution in [0, 0.1) is 0 Å². The van der Waals surface area contributed by atoms with Crippen LogP contribution < -0.4 is 25.8 Å². The largest absolute Gasteiger partial charge is 0.495 e. The Morgan fingerprint density at radius 1 is 1.08 bits per heavy atom. The molecule has 12 heteroatoms. The lowest BCUT2D eigenvalue weighted by atomic mass is 10.2. The van der Waals surface area contributed by atoms with E-state index in [1.165, 1.54) is 18.9 Å². The van der Waals surface area contributed by atoms with Crippen molar-refractivity contribution in [1.29, 1.82) is 0 Å². The van der Waals surface area contributed by atoms with Crippen molar-refractivity contribution in [3.8, 4) is 11.5 Å². The van der Waals surface area contributed by atoms with Crippen molar-refractivity contribution in [3.05, 3.63) is 47.5 Å². The minimum absolute atomic E-state index is 0.0212. The van der Waals surface area contributed by atoms with Crippen molar-refractivity contribution in [3.63, 3.8) is 0 Å². The summed E-state index contributed by atoms with van der Waals surface area (Å²) in [6, 6.07) is 12.0. The molecule has 4 rings (SSSR count). The van der Waals surface area contributed by atoms with Gasteiger partial charge in [0.25, 0.3) is 0 Å². The van der Waals surface area contributed by atoms with Crippen LogP contribution in [0.1, 0.15) is 26.7 Å². The second-order valence-corrected chi connectivity index (χ2v) is 12.0. The topological polar surface area (TPSA) is 132 Å². The maximum atomic E-state index is 12.9. The van der Waals surface area contributed by atoms with Gasteiger partial charge in [-0.05, 0) is 64.0 Å². The minimum atomic E-state index is -3.57. The SMILES string of the molecule is COc1ccc(OCCN2CCCC2)cc1Nc1nc(N)c(Cl)c(Nc2ccccc2S(=O)(=O)C(C)C)n1. The molecule has 1 saturated heterocycles. The molecule has 204 valence electrons. The van der Waals surface area contributed by atoms with E-state index in [1.807, 2.05) is 6.07 Å². The fourth-order valence-corrected chi connectivity index (χ4v) is 5.43. The van der Waals surface area contributed by atoms with Crippen LogP contribution in [0.5, 0.6) is 11.5 Å². The lowest BCUT2D eigenvalue weighted by Gasteiger charge is -2.17. The molecule has 0 spiro atoms. The van der Waals surface area contributed by atoms with Gasteiger partial charge in [-0.1, -0.05) is 23.7 Å². The van der Waals surface area contributed by atoms with Crippen molar-refractivity contribution >= 4 is 50.4 Å². The number of hydrogen-bond donors (Lipinski definition) is 3. The third kappa shape index (κ3) is 6.40. The summed E-state index contributed by atoms with van der Waals surface area (Å²) in [6.45, 7) is 6.91. The Bertz CT molecular complexity index is 1380. The number of nitrogen functional groups attached to an aromatic ring is 1. The molecule has 1 aromatic heterocycles. The zero-order chi connectivity index (χ0) is 27.3. The second-order valence-electron chi connectivity index (χ2n) is 9.19. The zero-order valence-corrected chi connectivity index (χ0v) is 23.3. The lowest BCUT2D eigenvalue weighted by Crippen LogP contribution is -2.25. The van der Waals surface area contributed by atoms with Gasteiger partial charge in [-0.2, -0.15) is 9.97 Å². The summed E-state index contributed by atoms with van der Waals surface area (Å²) in [7, 11) is -2.01. The molecule has 1 aliphatic heterocycles. The highest BCUT2D eigenvalue weighted by Gasteiger charge is 2.23. The third-order valence-corrected chi connectivity index (χ3v) is 8.82. The quantitative estimate of drug-likeness (QED) is 0.298. The number of benzene rings is 2. The second kappa shape index (κ2) is 12.1. The number of rotatable bonds is 11. The van der Waals surface area contributed by atoms with Gasteiger partial charge in [0.05, 0.1) is 28.6 Å². The molecule has 2 heterocycles. The molecule has 10 nitrogen and oxygen atoms in total. The molecule has 0 saturated carbocycles. The van der Waals surface area contributed by atoms with Gasteiger partial charge in [-0.15, -0.1) is 0 Å². The van der Waals surface area contributed by atoms with Gasteiger partial charge in [0, 0.05) is 12.6 Å². The maximum Gasteiger partial charge on any atom is 0.231 e. The summed E-state index contributed by atoms with van der Waals surface area (Å²) < 4.78 is 37.2. The van der Waals surface area contributed by atoms with Crippen LogP contribution in [0.25, 0.3) is 0 Å². The van der Waals surface area contributed by atoms with E-state index in [1.54, 1.807) is 51.3 Å². The number of hydrogen-bond acceptors (Lipinski definition) is 10. The molecule has 1 fully saturated rings. The third-order valence-electron chi connectivity index (χ3n) is 6.24. The predicted molar refractivity (Wildman–Crippen MR) is 151 cm³/mol. The molecule has 0 amide bonds. The van der Waals surface area contributed by atoms with Crippen molar-refractivity contribution in [2.24, 2.45) is 0 Å². The van der Waals surface area contributed by atoms with E-state index in [0.29, 0.717) is 29.5 Å². The van der Waals surface area contributed by atoms with Gasteiger partial charge in [0.15, 0.2) is 15.7 Å². The lowest BCUT2D eigenvalue weighted by molar-refractivity contribution is 0.237. The monoisotopic (exact) mass is 560 g/mol. The van der Waals surface area contributed by atoms with Crippen LogP contribution in [0.15, 0.2) is 47.4 Å². The molecule has 0 unspecified atom stereocenters. The number of nitrogens with zero attached hydrogens (tertiary/aromatic N) is 3. The van der Waals surface area contributed by atoms with Gasteiger partial charge in [0.2, 0.25) is 5.95 Å². The summed E-state index contributed by atoms with van der Waals surface area (Å²) in [5, 5.41) is 5.60. The number of para-hydroxylation sites is 1. The van der Waals surface area contributed by atoms with Crippen LogP contribution in [-0.4, -0.2) is 61.9 Å². The first-order valence-corrected chi connectivity index (χ1v) is 14.3. The smallest absolute Gasteiger partial charge is 0.231 e. The number of sulfone groups is 1. The van der Waals surface area contributed by atoms with Crippen LogP contribution in [0.3, 0.4) is 0 Å². The van der Waals surface area contributed by atoms with E-state index in [-0.39, 0.29) is 27.5 Å². The Morgan fingerprint density at radius 2 is 1.82 bits per heavy atom. The number of ether oxygens (including phenoxy) is 2. The Morgan fingerprint density at radius 3 is 2.53 bits per heavy atom. The Kier molecular flexibility index (Phi) is 8.80. The number of aromatic nitrogens is 2. The average molecular weight is 561 g/mol. The number of nitrogens with one attached hydrogen (secondary N) is 2. The zero-order valence-electron chi connectivity index (χ0n) is 21.7. The molecule has 3 aromatic rings. The van der Waals surface area contributed by atoms with Crippen molar-refractivity contribution in [1.82, 2.24) is 14.9 Å². The molecule has 0 radical (unpaired) electrons. The van der Waals surface area contributed by atoms with Gasteiger partial charge in [-0.3, -0.25) is 4.90 Å². The van der Waals surface area contributed by atoms with E-state index in [2.05, 4.69) is 25.5 Å². The fraction of sp³-hybridized carbons (Fsp3) is 0.385. The molecular weight excluding hydrogens is 528 g/mol. The van der Waals surface area contributed by atoms with Gasteiger partial charge in [-0.25, -0.2) is 8.42 Å². The number of anilines is 5. The van der Waals surface area contributed by atoms with Gasteiger partial charge < -0.3 is 25.8 Å². The molecule has 4 N–H and O–H groups in total. The fourth-order valence-electron chi connectivity index (χ4n) is 4.10. The Hall–Kier alpha value is -3.28. The first kappa shape index (κ1) is 27.7. The summed E-state index contributed by atoms with van der Waals surface area (Å²) in [6.07, 6.45) is 2.47. The maximum absolute atomic E-state index is 12.9. The number of halogens is 1. The van der Waals surface area contributed by atoms with Crippen LogP contribution >= 0.6 is 11.6 Å². The molecule has 38 heavy (non-hydrogen) atoms. The Labute approximate surface area is 228 Å². The standard InChI is InChI=1S/C26H33ClN6O4S/c1-17(2)38(34,35)22-9-5-4-8-19(22)29-25-23(27)24(28)31-26(32-25)30-20-16-18(10-11-21(20)36-3)37-15-14-33-12-6-7-13-33/h4-5,8-11,16-17H,6-7,12-15H2,1-3H3,(H4,28,29,30,31,32). The van der Waals surface area contributed by atoms with Crippen molar-refractivity contribution in [2.75, 3.05) is 49.7 Å². The van der Waals surface area contributed by atoms with Gasteiger partial charge >= 0.3 is 0 Å². The number of nitrogens with two attached hydrogens (primary N) is 1. The van der Waals surface area contributed by atoms with Crippen molar-refractivity contribution < 1.29 is 17.9 Å². The number of likely N-dealkylation sites (tertiary alicyclic amines) is 1. The van der Waals surface area contributed by atoms with Crippen LogP contribution in [0.2, 0.25) is 5.02 Å². The predicted octanol–water partition coefficient (Wildman–Crippen LogP) is 4.86. The highest BCUT2D eigenvalue weighted by atomic mass is 35.5. The number of methoxy groups -OCH3 is 1. The van der Waals surface area contributed by atoms with E-state index >= 15 is 0 Å². The van der Waals surface area contributed by atoms with E-state index in [9.17, 15) is 8.42 Å². The van der Waals surface area contributed by atoms with Crippen LogP contribution in [-0.2, 0) is 9.84 Å². The van der Waals surface area contributed by atoms with Crippen molar-refractivity contribution in [2.45, 2.75) is 36.8 Å². The molecule has 0 aliphatic carbocycles. The first-order valence-electron chi connectivity index (χ1n) is 12.4. The van der Waals surface area contributed by atoms with Gasteiger partial charge in [0.1, 0.15) is 28.9 Å². The van der Waals surface area contributed by atoms with E-state index in [0.717, 1.165) is 19.6 Å². The summed E-state index contributed by atoms with van der Waals surface area (Å²) >= 11 is 6.40. The molecule has 0 bridgehead atoms. The average Bonchev–Trinajstić information content (AvgIpc) is 3.41. The molecular formula is C26H33ClN6O4S. The molecule has 2 aromatic carbocycles. The molecule has 1 aliphatic rings. The summed E-state index contributed by atoms with van der Waals surface area (Å²) in [4.78, 5) is 11.2. The van der Waals surface area contributed by atoms with Crippen LogP contribution in [0.4, 0.5) is 29.0 Å². The highest BCUT2D eigenvalue weighted by molar-refractivity contribution is 7.92. The highest BCUT2D eigenvalue weighted by Crippen LogP contribution is 2.35. The molecule has 0 atom stereocenters. The minimum Gasteiger partial charge on any atom is -0.495 e. The Balaban J connectivity index is 1.57. The summed E-state index contributed by atoms with van der Waals surface area (Å²) in [5.74, 6) is 1.54. The normalized spacial score (nSPS) is 14.0. The first-order chi connectivity index (χ1) is 18.2. The summed E-state index contributed by atoms with van der Waals surface area (Å²) in [5.41, 5.74) is 6.99.